The van der Waals surface area contributed by atoms with Gasteiger partial charge in [0.15, 0.2) is 0 Å². The van der Waals surface area contributed by atoms with E-state index >= 15 is 0 Å². The number of nitrogens with zero attached hydrogens (tertiary/aromatic N) is 2. The van der Waals surface area contributed by atoms with Gasteiger partial charge in [0.25, 0.3) is 22.2 Å². The van der Waals surface area contributed by atoms with Crippen LogP contribution in [-0.2, 0) is 0 Å². The summed E-state index contributed by atoms with van der Waals surface area (Å²) in [7, 11) is 0. The topological polar surface area (TPSA) is 182 Å². The third-order valence-corrected chi connectivity index (χ3v) is 24.8. The van der Waals surface area contributed by atoms with E-state index in [1.807, 2.05) is 0 Å². The van der Waals surface area contributed by atoms with Crippen LogP contribution in [0.4, 0.5) is 0 Å². The Morgan fingerprint density at radius 1 is 0.293 bits per heavy atom. The van der Waals surface area contributed by atoms with Gasteiger partial charge < -0.3 is 21.4 Å². The molecule has 58 heavy (non-hydrogen) atoms. The SMILES string of the molecule is O.O.O=c1c2cc3c(=O)n(O)c(=O)c3cc2c(=O)n1O.c1cc[c]([Sn]([c]2ccccc2)[c]2ccccc2)cc1.c1cc[c]([Sn]([c]2ccccc2)[c]2ccccc2)cc1. The quantitative estimate of drug-likeness (QED) is 0.186. The maximum atomic E-state index is 11.5. The van der Waals surface area contributed by atoms with Crippen LogP contribution in [-0.4, -0.2) is 70.3 Å². The van der Waals surface area contributed by atoms with E-state index in [1.54, 1.807) is 0 Å². The summed E-state index contributed by atoms with van der Waals surface area (Å²) in [5.41, 5.74) is -3.91. The average molecular weight is 984 g/mol. The van der Waals surface area contributed by atoms with Gasteiger partial charge in [0.2, 0.25) is 0 Å². The van der Waals surface area contributed by atoms with E-state index in [4.69, 9.17) is 10.4 Å². The molecule has 0 bridgehead atoms. The van der Waals surface area contributed by atoms with E-state index in [1.165, 1.54) is 21.5 Å². The summed E-state index contributed by atoms with van der Waals surface area (Å²) in [4.78, 5) is 45.8. The summed E-state index contributed by atoms with van der Waals surface area (Å²) in [5.74, 6) is 0. The second-order valence-electron chi connectivity index (χ2n) is 12.7. The van der Waals surface area contributed by atoms with Gasteiger partial charge in [-0.1, -0.05) is 0 Å². The molecule has 2 aromatic heterocycles. The van der Waals surface area contributed by atoms with Crippen LogP contribution >= 0.6 is 0 Å². The van der Waals surface area contributed by atoms with Gasteiger partial charge in [0.1, 0.15) is 0 Å². The van der Waals surface area contributed by atoms with E-state index in [0.29, 0.717) is 0 Å². The van der Waals surface area contributed by atoms with E-state index in [0.717, 1.165) is 12.1 Å². The molecular formula is C46H38N2O8Sn2. The van der Waals surface area contributed by atoms with Crippen molar-refractivity contribution in [3.8, 4) is 0 Å². The van der Waals surface area contributed by atoms with Gasteiger partial charge in [-0.2, -0.15) is 0 Å². The Labute approximate surface area is 346 Å². The van der Waals surface area contributed by atoms with Crippen LogP contribution in [0.2, 0.25) is 0 Å². The van der Waals surface area contributed by atoms with Crippen molar-refractivity contribution in [2.75, 3.05) is 0 Å². The molecule has 2 heterocycles. The van der Waals surface area contributed by atoms with E-state index in [9.17, 15) is 19.2 Å². The predicted molar refractivity (Wildman–Crippen MR) is 234 cm³/mol. The van der Waals surface area contributed by atoms with Crippen LogP contribution in [0.3, 0.4) is 0 Å². The zero-order valence-corrected chi connectivity index (χ0v) is 36.6. The van der Waals surface area contributed by atoms with Crippen molar-refractivity contribution in [1.29, 1.82) is 0 Å². The average Bonchev–Trinajstić information content (AvgIpc) is 3.60. The van der Waals surface area contributed by atoms with Crippen molar-refractivity contribution in [3.63, 3.8) is 0 Å². The number of hydrogen-bond donors (Lipinski definition) is 2. The molecule has 7 aromatic carbocycles. The first-order chi connectivity index (χ1) is 27.3. The second kappa shape index (κ2) is 19.9. The number of fused-ring (bicyclic) bond motifs is 2. The fourth-order valence-electron chi connectivity index (χ4n) is 6.58. The molecule has 0 saturated heterocycles. The van der Waals surface area contributed by atoms with Crippen LogP contribution in [0.15, 0.2) is 213 Å². The molecule has 6 N–H and O–H groups in total. The van der Waals surface area contributed by atoms with Crippen molar-refractivity contribution in [1.82, 2.24) is 9.46 Å². The number of hydrogen-bond acceptors (Lipinski definition) is 6. The molecule has 288 valence electrons. The molecule has 9 rings (SSSR count). The van der Waals surface area contributed by atoms with Crippen LogP contribution < -0.4 is 43.7 Å². The van der Waals surface area contributed by atoms with Gasteiger partial charge in [0, 0.05) is 0 Å². The fourth-order valence-corrected chi connectivity index (χ4v) is 21.3. The molecule has 0 unspecified atom stereocenters. The molecule has 2 radical (unpaired) electrons. The molecule has 0 amide bonds. The van der Waals surface area contributed by atoms with Gasteiger partial charge in [-0.15, -0.1) is 9.46 Å². The Balaban J connectivity index is 0.000000163. The zero-order chi connectivity index (χ0) is 39.0. The Morgan fingerprint density at radius 2 is 0.448 bits per heavy atom. The Bertz CT molecular complexity index is 2440. The van der Waals surface area contributed by atoms with Crippen LogP contribution in [0.1, 0.15) is 0 Å². The van der Waals surface area contributed by atoms with Crippen molar-refractivity contribution in [2.24, 2.45) is 0 Å². The summed E-state index contributed by atoms with van der Waals surface area (Å²) in [6.45, 7) is 0. The second-order valence-corrected chi connectivity index (χ2v) is 26.9. The van der Waals surface area contributed by atoms with Crippen LogP contribution in [0.25, 0.3) is 21.5 Å². The molecular weight excluding hydrogens is 946 g/mol. The predicted octanol–water partition coefficient (Wildman–Crippen LogP) is 1.14. The molecule has 12 heteroatoms. The monoisotopic (exact) mass is 986 g/mol. The third-order valence-electron chi connectivity index (χ3n) is 9.22. The molecule has 0 aliphatic rings. The van der Waals surface area contributed by atoms with Gasteiger partial charge in [-0.25, -0.2) is 0 Å². The van der Waals surface area contributed by atoms with Crippen molar-refractivity contribution in [3.05, 3.63) is 236 Å². The number of aromatic nitrogens is 2. The maximum absolute atomic E-state index is 11.5. The summed E-state index contributed by atoms with van der Waals surface area (Å²) in [6.07, 6.45) is 0. The molecule has 0 saturated carbocycles. The minimum atomic E-state index is -1.98. The van der Waals surface area contributed by atoms with E-state index < -0.39 is 61.8 Å². The van der Waals surface area contributed by atoms with Crippen molar-refractivity contribution < 1.29 is 21.4 Å². The van der Waals surface area contributed by atoms with Gasteiger partial charge >= 0.3 is 243 Å². The van der Waals surface area contributed by atoms with Crippen LogP contribution in [0.5, 0.6) is 0 Å². The zero-order valence-electron chi connectivity index (χ0n) is 30.9. The molecule has 0 aliphatic heterocycles. The summed E-state index contributed by atoms with van der Waals surface area (Å²) in [5, 5.41) is 17.6. The summed E-state index contributed by atoms with van der Waals surface area (Å²) < 4.78 is 9.00. The first kappa shape index (κ1) is 43.1. The minimum absolute atomic E-state index is 0. The molecule has 10 nitrogen and oxygen atoms in total. The summed E-state index contributed by atoms with van der Waals surface area (Å²) in [6, 6.07) is 67.9. The first-order valence-electron chi connectivity index (χ1n) is 17.7. The molecule has 0 spiro atoms. The fraction of sp³-hybridized carbons (Fsp3) is 0. The van der Waals surface area contributed by atoms with Gasteiger partial charge in [-0.3, -0.25) is 19.2 Å². The number of benzene rings is 7. The first-order valence-corrected chi connectivity index (χ1v) is 26.3. The van der Waals surface area contributed by atoms with Gasteiger partial charge in [0.05, 0.1) is 21.5 Å². The third kappa shape index (κ3) is 9.21. The van der Waals surface area contributed by atoms with Gasteiger partial charge in [-0.05, 0) is 12.1 Å². The molecule has 0 aliphatic carbocycles. The molecule has 0 atom stereocenters. The van der Waals surface area contributed by atoms with E-state index in [-0.39, 0.29) is 42.0 Å². The van der Waals surface area contributed by atoms with E-state index in [2.05, 4.69) is 182 Å². The normalized spacial score (nSPS) is 10.5. The summed E-state index contributed by atoms with van der Waals surface area (Å²) >= 11 is -3.96. The number of rotatable bonds is 6. The molecule has 0 fully saturated rings. The van der Waals surface area contributed by atoms with Crippen molar-refractivity contribution >= 4 is 82.5 Å². The Morgan fingerprint density at radius 3 is 0.603 bits per heavy atom. The Kier molecular flexibility index (Phi) is 14.8. The Hall–Kier alpha value is -6.06. The van der Waals surface area contributed by atoms with Crippen molar-refractivity contribution in [2.45, 2.75) is 0 Å². The van der Waals surface area contributed by atoms with Crippen LogP contribution in [0, 0.1) is 0 Å². The molecule has 9 aromatic rings. The standard InChI is InChI=1S/C10H4N2O6.6C6H5.2H2O.2Sn/c13-7-3-1-4-6(10(16)12(18)8(4)14)2-5(3)9(15)11(7)17;6*1-2-4-6-5-3-1;;;;/h1-2,17-18H;6*1-5H;2*1H2;;.